The summed E-state index contributed by atoms with van der Waals surface area (Å²) >= 11 is 5.93. The van der Waals surface area contributed by atoms with Crippen LogP contribution >= 0.6 is 11.6 Å². The predicted molar refractivity (Wildman–Crippen MR) is 68.4 cm³/mol. The molecule has 0 fully saturated rings. The van der Waals surface area contributed by atoms with Crippen LogP contribution in [0.25, 0.3) is 0 Å². The van der Waals surface area contributed by atoms with Gasteiger partial charge in [-0.25, -0.2) is 4.68 Å². The zero-order valence-electron chi connectivity index (χ0n) is 9.39. The Balaban J connectivity index is 2.24. The van der Waals surface area contributed by atoms with Crippen LogP contribution in [-0.4, -0.2) is 9.78 Å². The van der Waals surface area contributed by atoms with Crippen LogP contribution in [0.2, 0.25) is 5.02 Å². The van der Waals surface area contributed by atoms with Crippen LogP contribution in [0.4, 0.5) is 5.69 Å². The lowest BCUT2D eigenvalue weighted by molar-refractivity contribution is 0.564. The molecule has 0 saturated heterocycles. The Labute approximate surface area is 108 Å². The van der Waals surface area contributed by atoms with Crippen LogP contribution in [0.5, 0.6) is 0 Å². The molecule has 5 nitrogen and oxygen atoms in total. The summed E-state index contributed by atoms with van der Waals surface area (Å²) in [4.78, 5) is 12.0. The first-order valence-electron chi connectivity index (χ1n) is 5.16. The van der Waals surface area contributed by atoms with E-state index in [0.29, 0.717) is 6.54 Å². The van der Waals surface area contributed by atoms with Crippen LogP contribution < -0.4 is 10.9 Å². The van der Waals surface area contributed by atoms with Gasteiger partial charge in [0.1, 0.15) is 12.2 Å². The van der Waals surface area contributed by atoms with E-state index >= 15 is 0 Å². The van der Waals surface area contributed by atoms with Crippen molar-refractivity contribution in [1.82, 2.24) is 9.78 Å². The maximum Gasteiger partial charge on any atom is 0.292 e. The first-order chi connectivity index (χ1) is 8.72. The summed E-state index contributed by atoms with van der Waals surface area (Å²) in [6, 6.07) is 1.79. The molecule has 0 spiro atoms. The van der Waals surface area contributed by atoms with Crippen molar-refractivity contribution in [3.63, 3.8) is 0 Å². The standard InChI is InChI=1S/C12H10ClN3O2/c1-2-4-16-12(17)11(10(13)7-15-16)14-6-9-3-5-18-8-9/h1,3,5,7-8,14H,4,6H2. The van der Waals surface area contributed by atoms with E-state index in [1.807, 2.05) is 0 Å². The van der Waals surface area contributed by atoms with Gasteiger partial charge in [0.15, 0.2) is 0 Å². The van der Waals surface area contributed by atoms with Crippen molar-refractivity contribution in [1.29, 1.82) is 0 Å². The van der Waals surface area contributed by atoms with E-state index in [1.165, 1.54) is 10.9 Å². The van der Waals surface area contributed by atoms with Crippen LogP contribution in [0.1, 0.15) is 5.56 Å². The van der Waals surface area contributed by atoms with Crippen molar-refractivity contribution in [2.75, 3.05) is 5.32 Å². The quantitative estimate of drug-likeness (QED) is 0.854. The zero-order chi connectivity index (χ0) is 13.0. The summed E-state index contributed by atoms with van der Waals surface area (Å²) in [6.07, 6.45) is 9.68. The second-order valence-electron chi connectivity index (χ2n) is 3.52. The van der Waals surface area contributed by atoms with Crippen LogP contribution in [-0.2, 0) is 13.1 Å². The molecule has 0 aliphatic heterocycles. The summed E-state index contributed by atoms with van der Waals surface area (Å²) in [5.74, 6) is 2.36. The lowest BCUT2D eigenvalue weighted by Gasteiger charge is -2.08. The molecule has 2 aromatic rings. The molecule has 2 heterocycles. The largest absolute Gasteiger partial charge is 0.472 e. The average Bonchev–Trinajstić information content (AvgIpc) is 2.86. The van der Waals surface area contributed by atoms with E-state index in [1.54, 1.807) is 18.6 Å². The third-order valence-electron chi connectivity index (χ3n) is 2.29. The van der Waals surface area contributed by atoms with E-state index in [9.17, 15) is 4.79 Å². The van der Waals surface area contributed by atoms with E-state index in [0.717, 1.165) is 5.56 Å². The topological polar surface area (TPSA) is 60.1 Å². The van der Waals surface area contributed by atoms with Gasteiger partial charge < -0.3 is 9.73 Å². The Morgan fingerprint density at radius 2 is 2.44 bits per heavy atom. The van der Waals surface area contributed by atoms with Gasteiger partial charge in [-0.15, -0.1) is 6.42 Å². The molecule has 0 bridgehead atoms. The number of aromatic nitrogens is 2. The van der Waals surface area contributed by atoms with Crippen LogP contribution in [0.15, 0.2) is 34.0 Å². The summed E-state index contributed by atoms with van der Waals surface area (Å²) in [5.41, 5.74) is 0.845. The molecule has 92 valence electrons. The molecule has 0 aliphatic rings. The fourth-order valence-electron chi connectivity index (χ4n) is 1.41. The molecular formula is C12H10ClN3O2. The number of terminal acetylenes is 1. The number of furan rings is 1. The van der Waals surface area contributed by atoms with Gasteiger partial charge >= 0.3 is 0 Å². The number of nitrogens with zero attached hydrogens (tertiary/aromatic N) is 2. The molecule has 2 aromatic heterocycles. The monoisotopic (exact) mass is 263 g/mol. The highest BCUT2D eigenvalue weighted by Crippen LogP contribution is 2.16. The number of nitrogens with one attached hydrogen (secondary N) is 1. The smallest absolute Gasteiger partial charge is 0.292 e. The third kappa shape index (κ3) is 2.55. The highest BCUT2D eigenvalue weighted by Gasteiger charge is 2.09. The lowest BCUT2D eigenvalue weighted by atomic mass is 10.3. The highest BCUT2D eigenvalue weighted by molar-refractivity contribution is 6.32. The van der Waals surface area contributed by atoms with Crippen molar-refractivity contribution in [3.8, 4) is 12.3 Å². The van der Waals surface area contributed by atoms with Crippen molar-refractivity contribution < 1.29 is 4.42 Å². The minimum atomic E-state index is -0.344. The van der Waals surface area contributed by atoms with Crippen molar-refractivity contribution in [2.45, 2.75) is 13.1 Å². The summed E-state index contributed by atoms with van der Waals surface area (Å²) in [7, 11) is 0. The molecule has 0 radical (unpaired) electrons. The Morgan fingerprint density at radius 1 is 1.61 bits per heavy atom. The Kier molecular flexibility index (Phi) is 3.70. The van der Waals surface area contributed by atoms with Gasteiger partial charge in [-0.2, -0.15) is 5.10 Å². The Morgan fingerprint density at radius 3 is 3.11 bits per heavy atom. The summed E-state index contributed by atoms with van der Waals surface area (Å²) in [6.45, 7) is 0.544. The number of hydrogen-bond donors (Lipinski definition) is 1. The normalized spacial score (nSPS) is 10.0. The van der Waals surface area contributed by atoms with Crippen LogP contribution in [0, 0.1) is 12.3 Å². The van der Waals surface area contributed by atoms with E-state index in [-0.39, 0.29) is 22.8 Å². The third-order valence-corrected chi connectivity index (χ3v) is 2.57. The van der Waals surface area contributed by atoms with Crippen molar-refractivity contribution in [3.05, 3.63) is 45.7 Å². The zero-order valence-corrected chi connectivity index (χ0v) is 10.1. The van der Waals surface area contributed by atoms with E-state index < -0.39 is 0 Å². The van der Waals surface area contributed by atoms with E-state index in [2.05, 4.69) is 16.3 Å². The summed E-state index contributed by atoms with van der Waals surface area (Å²) in [5, 5.41) is 7.05. The minimum Gasteiger partial charge on any atom is -0.472 e. The fraction of sp³-hybridized carbons (Fsp3) is 0.167. The number of rotatable bonds is 4. The average molecular weight is 264 g/mol. The van der Waals surface area contributed by atoms with Crippen LogP contribution in [0.3, 0.4) is 0 Å². The van der Waals surface area contributed by atoms with Gasteiger partial charge in [0.2, 0.25) is 0 Å². The maximum absolute atomic E-state index is 12.0. The number of halogens is 1. The highest BCUT2D eigenvalue weighted by atomic mass is 35.5. The van der Waals surface area contributed by atoms with Crippen molar-refractivity contribution >= 4 is 17.3 Å². The molecule has 0 aliphatic carbocycles. The first-order valence-corrected chi connectivity index (χ1v) is 5.54. The second kappa shape index (κ2) is 5.43. The second-order valence-corrected chi connectivity index (χ2v) is 3.93. The minimum absolute atomic E-state index is 0.108. The number of anilines is 1. The summed E-state index contributed by atoms with van der Waals surface area (Å²) < 4.78 is 6.10. The van der Waals surface area contributed by atoms with Gasteiger partial charge in [-0.3, -0.25) is 4.79 Å². The maximum atomic E-state index is 12.0. The van der Waals surface area contributed by atoms with Gasteiger partial charge in [0.25, 0.3) is 5.56 Å². The fourth-order valence-corrected chi connectivity index (χ4v) is 1.60. The van der Waals surface area contributed by atoms with E-state index in [4.69, 9.17) is 22.4 Å². The molecular weight excluding hydrogens is 254 g/mol. The van der Waals surface area contributed by atoms with Gasteiger partial charge in [-0.05, 0) is 6.07 Å². The SMILES string of the molecule is C#CCn1ncc(Cl)c(NCc2ccoc2)c1=O. The molecule has 2 rings (SSSR count). The van der Waals surface area contributed by atoms with Gasteiger partial charge in [-0.1, -0.05) is 17.5 Å². The van der Waals surface area contributed by atoms with Gasteiger partial charge in [0.05, 0.1) is 23.7 Å². The molecule has 0 unspecified atom stereocenters. The molecule has 0 saturated carbocycles. The molecule has 0 amide bonds. The Bertz CT molecular complexity index is 626. The Hall–Kier alpha value is -2.19. The lowest BCUT2D eigenvalue weighted by Crippen LogP contribution is -2.25. The molecule has 0 aromatic carbocycles. The molecule has 18 heavy (non-hydrogen) atoms. The molecule has 0 atom stereocenters. The first kappa shape index (κ1) is 12.3. The number of hydrogen-bond acceptors (Lipinski definition) is 4. The van der Waals surface area contributed by atoms with Gasteiger partial charge in [0, 0.05) is 12.1 Å². The predicted octanol–water partition coefficient (Wildman–Crippen LogP) is 1.73. The molecule has 1 N–H and O–H groups in total. The molecule has 6 heteroatoms. The van der Waals surface area contributed by atoms with Crippen molar-refractivity contribution in [2.24, 2.45) is 0 Å².